The molecule has 10 nitrogen and oxygen atoms in total. The average molecular weight is 881 g/mol. The Hall–Kier alpha value is -6.18. The third-order valence-corrected chi connectivity index (χ3v) is 12.1. The Kier molecular flexibility index (Phi) is 11.3. The molecule has 0 spiro atoms. The molecule has 7 aromatic rings. The number of hydrogen-bond acceptors (Lipinski definition) is 6. The van der Waals surface area contributed by atoms with Crippen LogP contribution in [0.4, 0.5) is 0 Å². The number of aryl methyl sites for hydroxylation is 2. The number of rotatable bonds is 6. The Bertz CT molecular complexity index is 3120. The molecule has 9 rings (SSSR count). The Balaban J connectivity index is 0.00000272. The van der Waals surface area contributed by atoms with Crippen molar-refractivity contribution in [2.24, 2.45) is 0 Å². The van der Waals surface area contributed by atoms with Crippen molar-refractivity contribution in [3.63, 3.8) is 0 Å². The van der Waals surface area contributed by atoms with Crippen LogP contribution in [-0.2, 0) is 37.3 Å². The van der Waals surface area contributed by atoms with Gasteiger partial charge in [0, 0.05) is 11.1 Å². The van der Waals surface area contributed by atoms with Crippen LogP contribution in [0.3, 0.4) is 0 Å². The fourth-order valence-electron chi connectivity index (χ4n) is 7.69. The van der Waals surface area contributed by atoms with E-state index in [2.05, 4.69) is 0 Å². The van der Waals surface area contributed by atoms with Crippen LogP contribution in [0.2, 0.25) is 0 Å². The third-order valence-electron chi connectivity index (χ3n) is 10.3. The summed E-state index contributed by atoms with van der Waals surface area (Å²) >= 11 is 0. The van der Waals surface area contributed by atoms with Crippen LogP contribution in [-0.4, -0.2) is 35.9 Å². The van der Waals surface area contributed by atoms with E-state index in [1.54, 1.807) is 48.6 Å². The maximum Gasteiger partial charge on any atom is 2.00 e. The maximum absolute atomic E-state index is 12.9. The van der Waals surface area contributed by atoms with Gasteiger partial charge in [-0.15, -0.1) is 22.1 Å². The molecular weight excluding hydrogens is 844 g/mol. The molecule has 8 bridgehead atoms. The van der Waals surface area contributed by atoms with Crippen molar-refractivity contribution in [3.05, 3.63) is 155 Å². The zero-order valence-corrected chi connectivity index (χ0v) is 33.9. The van der Waals surface area contributed by atoms with Gasteiger partial charge in [-0.1, -0.05) is 117 Å². The van der Waals surface area contributed by atoms with Crippen LogP contribution in [0.5, 0.6) is 0 Å². The molecule has 0 aliphatic carbocycles. The van der Waals surface area contributed by atoms with E-state index in [-0.39, 0.29) is 56.4 Å². The van der Waals surface area contributed by atoms with Gasteiger partial charge in [0.05, 0.1) is 22.8 Å². The van der Waals surface area contributed by atoms with Crippen LogP contribution >= 0.6 is 0 Å². The molecule has 303 valence electrons. The van der Waals surface area contributed by atoms with E-state index in [0.29, 0.717) is 44.9 Å². The zero-order chi connectivity index (χ0) is 40.3. The summed E-state index contributed by atoms with van der Waals surface area (Å²) in [4.78, 5) is 19.9. The summed E-state index contributed by atoms with van der Waals surface area (Å²) in [5.41, 5.74) is 9.88. The van der Waals surface area contributed by atoms with E-state index in [0.717, 1.165) is 33.4 Å². The van der Waals surface area contributed by atoms with Crippen molar-refractivity contribution >= 4 is 66.6 Å². The van der Waals surface area contributed by atoms with E-state index in [4.69, 9.17) is 19.9 Å². The number of fused-ring (bicyclic) bond motifs is 8. The molecule has 60 heavy (non-hydrogen) atoms. The summed E-state index contributed by atoms with van der Waals surface area (Å²) in [6.07, 6.45) is 7.24. The molecule has 0 saturated heterocycles. The Morgan fingerprint density at radius 1 is 0.417 bits per heavy atom. The molecule has 4 aromatic carbocycles. The molecular formula is C47H36CuN4O6S2. The second kappa shape index (κ2) is 16.1. The van der Waals surface area contributed by atoms with Gasteiger partial charge in [-0.3, -0.25) is 9.11 Å². The van der Waals surface area contributed by atoms with Gasteiger partial charge in [-0.2, -0.15) is 16.8 Å². The van der Waals surface area contributed by atoms with Crippen LogP contribution in [0.15, 0.2) is 131 Å². The summed E-state index contributed by atoms with van der Waals surface area (Å²) in [5.74, 6) is 0. The van der Waals surface area contributed by atoms with Gasteiger partial charge in [0.25, 0.3) is 20.2 Å². The third kappa shape index (κ3) is 7.47. The SMILES string of the molecule is C.Cc1ccccc1-c1c2nc(c(-c3ccccc3S(=O)(=O)O)c3ccc([n-]3)c(-c3ccccc3S(=O)(=O)O)c3nc(c(-c4ccccc4C)c4ccc1[n-]4)C=C3)C=C2.[Cu+2]. The molecule has 1 radical (unpaired) electrons. The second-order valence-electron chi connectivity index (χ2n) is 13.9. The van der Waals surface area contributed by atoms with Gasteiger partial charge in [0.1, 0.15) is 9.79 Å². The number of aromatic nitrogens is 4. The number of benzene rings is 4. The standard InChI is InChI=1S/C46H32N4O6S2.CH4.Cu/c1-27-11-3-5-13-29(27)43-33-19-20-34(47-33)44(30-14-6-4-12-28(30)2)36-22-24-38(49-36)46(32-16-8-10-18-42(32)58(54,55)56)40-26-25-39(50-40)45(37-23-21-35(43)48-37)31-15-7-9-17-41(31)57(51,52)53;;/h3-26H,1-2H3,(H,51,52,53)(H,54,55,56);1H4;/q-2;;+2. The molecule has 0 amide bonds. The molecule has 3 aromatic heterocycles. The van der Waals surface area contributed by atoms with Gasteiger partial charge in [-0.05, 0) is 94.8 Å². The smallest absolute Gasteiger partial charge is 0.657 e. The minimum absolute atomic E-state index is 0. The predicted molar refractivity (Wildman–Crippen MR) is 234 cm³/mol. The summed E-state index contributed by atoms with van der Waals surface area (Å²) in [6.45, 7) is 4.03. The Labute approximate surface area is 358 Å². The minimum atomic E-state index is -4.73. The number of hydrogen-bond donors (Lipinski definition) is 2. The summed E-state index contributed by atoms with van der Waals surface area (Å²) in [6, 6.07) is 35.2. The molecule has 0 atom stereocenters. The summed E-state index contributed by atoms with van der Waals surface area (Å²) < 4.78 is 72.4. The van der Waals surface area contributed by atoms with Crippen molar-refractivity contribution < 1.29 is 43.0 Å². The summed E-state index contributed by atoms with van der Waals surface area (Å²) in [7, 11) is -9.46. The Morgan fingerprint density at radius 2 is 0.683 bits per heavy atom. The topological polar surface area (TPSA) is 163 Å². The predicted octanol–water partition coefficient (Wildman–Crippen LogP) is 10.3. The van der Waals surface area contributed by atoms with Gasteiger partial charge in [0.2, 0.25) is 0 Å². The first-order valence-electron chi connectivity index (χ1n) is 18.2. The fraction of sp³-hybridized carbons (Fsp3) is 0.0638. The van der Waals surface area contributed by atoms with Crippen molar-refractivity contribution in [1.82, 2.24) is 19.9 Å². The van der Waals surface area contributed by atoms with Crippen molar-refractivity contribution in [2.75, 3.05) is 0 Å². The van der Waals surface area contributed by atoms with E-state index >= 15 is 0 Å². The molecule has 0 fully saturated rings. The quantitative estimate of drug-likeness (QED) is 0.121. The van der Waals surface area contributed by atoms with Crippen LogP contribution in [0.1, 0.15) is 41.3 Å². The molecule has 2 N–H and O–H groups in total. The van der Waals surface area contributed by atoms with Gasteiger partial charge >= 0.3 is 17.1 Å². The van der Waals surface area contributed by atoms with Crippen molar-refractivity contribution in [3.8, 4) is 44.5 Å². The first-order valence-corrected chi connectivity index (χ1v) is 21.1. The number of nitrogens with zero attached hydrogens (tertiary/aromatic N) is 4. The first-order chi connectivity index (χ1) is 27.9. The van der Waals surface area contributed by atoms with Crippen LogP contribution < -0.4 is 9.97 Å². The molecule has 13 heteroatoms. The summed E-state index contributed by atoms with van der Waals surface area (Å²) in [5, 5.41) is 0. The monoisotopic (exact) mass is 879 g/mol. The van der Waals surface area contributed by atoms with E-state index in [1.165, 1.54) is 24.3 Å². The molecule has 0 unspecified atom stereocenters. The molecule has 2 aliphatic rings. The normalized spacial score (nSPS) is 12.2. The largest absolute Gasteiger partial charge is 2.00 e. The van der Waals surface area contributed by atoms with Crippen LogP contribution in [0, 0.1) is 13.8 Å². The maximum atomic E-state index is 12.9. The van der Waals surface area contributed by atoms with Gasteiger partial charge < -0.3 is 9.97 Å². The minimum Gasteiger partial charge on any atom is -0.657 e. The average Bonchev–Trinajstić information content (AvgIpc) is 4.04. The molecule has 0 saturated carbocycles. The second-order valence-corrected chi connectivity index (χ2v) is 16.7. The van der Waals surface area contributed by atoms with Crippen molar-refractivity contribution in [2.45, 2.75) is 31.1 Å². The van der Waals surface area contributed by atoms with E-state index in [1.807, 2.05) is 86.7 Å². The van der Waals surface area contributed by atoms with Gasteiger partial charge in [-0.25, -0.2) is 9.97 Å². The first kappa shape index (κ1) is 42.0. The van der Waals surface area contributed by atoms with Crippen LogP contribution in [0.25, 0.3) is 90.9 Å². The van der Waals surface area contributed by atoms with E-state index in [9.17, 15) is 25.9 Å². The molecule has 5 heterocycles. The van der Waals surface area contributed by atoms with Gasteiger partial charge in [0.15, 0.2) is 0 Å². The van der Waals surface area contributed by atoms with Crippen molar-refractivity contribution in [1.29, 1.82) is 0 Å². The Morgan fingerprint density at radius 3 is 0.983 bits per heavy atom. The fourth-order valence-corrected chi connectivity index (χ4v) is 9.09. The van der Waals surface area contributed by atoms with E-state index < -0.39 is 20.2 Å². The zero-order valence-electron chi connectivity index (χ0n) is 31.3. The molecule has 2 aliphatic heterocycles.